The van der Waals surface area contributed by atoms with E-state index in [0.717, 1.165) is 36.1 Å². The highest BCUT2D eigenvalue weighted by Crippen LogP contribution is 2.53. The van der Waals surface area contributed by atoms with Gasteiger partial charge in [0.25, 0.3) is 0 Å². The van der Waals surface area contributed by atoms with Crippen molar-refractivity contribution in [3.63, 3.8) is 0 Å². The zero-order valence-corrected chi connectivity index (χ0v) is 14.5. The first-order valence-electron chi connectivity index (χ1n) is 8.99. The molecule has 0 spiro atoms. The van der Waals surface area contributed by atoms with E-state index in [2.05, 4.69) is 26.8 Å². The fourth-order valence-electron chi connectivity index (χ4n) is 4.35. The average Bonchev–Trinajstić information content (AvgIpc) is 2.46. The fourth-order valence-corrected chi connectivity index (χ4v) is 4.35. The Morgan fingerprint density at radius 3 is 2.83 bits per heavy atom. The molecule has 126 valence electrons. The lowest BCUT2D eigenvalue weighted by molar-refractivity contribution is -0.124. The van der Waals surface area contributed by atoms with Crippen LogP contribution in [0.1, 0.15) is 76.3 Å². The standard InChI is InChI=1S/C20H28O3/c1-4-5-6-7-13-10-17(22)19-15-12-14(21)8-9-16(15)20(2,3)23-18(19)11-13/h10-11,15-16,22H,4-9,12H2,1-3H3/t15-,16-/m1/s1/i1+1. The molecule has 2 atom stereocenters. The lowest BCUT2D eigenvalue weighted by atomic mass is 9.66. The highest BCUT2D eigenvalue weighted by atomic mass is 16.5. The summed E-state index contributed by atoms with van der Waals surface area (Å²) in [5.41, 5.74) is 1.71. The molecule has 1 saturated carbocycles. The molecule has 1 aromatic carbocycles. The molecule has 3 heteroatoms. The maximum Gasteiger partial charge on any atom is 0.133 e. The minimum atomic E-state index is -0.285. The van der Waals surface area contributed by atoms with Gasteiger partial charge in [0.15, 0.2) is 0 Å². The Morgan fingerprint density at radius 2 is 2.09 bits per heavy atom. The second-order valence-corrected chi connectivity index (χ2v) is 7.68. The third-order valence-corrected chi connectivity index (χ3v) is 5.55. The lowest BCUT2D eigenvalue weighted by Gasteiger charge is -2.47. The molecule has 0 unspecified atom stereocenters. The number of hydrogen-bond acceptors (Lipinski definition) is 3. The number of aryl methyl sites for hydroxylation is 1. The van der Waals surface area contributed by atoms with Crippen molar-refractivity contribution < 1.29 is 14.6 Å². The number of rotatable bonds is 4. The van der Waals surface area contributed by atoms with Crippen LogP contribution in [0.3, 0.4) is 0 Å². The van der Waals surface area contributed by atoms with Crippen LogP contribution in [0.2, 0.25) is 0 Å². The quantitative estimate of drug-likeness (QED) is 0.644. The first-order valence-corrected chi connectivity index (χ1v) is 8.99. The first kappa shape index (κ1) is 16.4. The monoisotopic (exact) mass is 317 g/mol. The largest absolute Gasteiger partial charge is 0.508 e. The predicted molar refractivity (Wildman–Crippen MR) is 91.1 cm³/mol. The van der Waals surface area contributed by atoms with Gasteiger partial charge in [-0.1, -0.05) is 19.8 Å². The first-order chi connectivity index (χ1) is 10.9. The van der Waals surface area contributed by atoms with Crippen molar-refractivity contribution in [3.05, 3.63) is 23.3 Å². The molecular weight excluding hydrogens is 289 g/mol. The summed E-state index contributed by atoms with van der Waals surface area (Å²) in [7, 11) is 0. The van der Waals surface area contributed by atoms with Gasteiger partial charge in [-0.05, 0) is 50.8 Å². The molecular formula is C20H28O3. The van der Waals surface area contributed by atoms with E-state index >= 15 is 0 Å². The van der Waals surface area contributed by atoms with Crippen molar-refractivity contribution in [3.8, 4) is 11.5 Å². The molecule has 1 aliphatic carbocycles. The second kappa shape index (κ2) is 6.18. The van der Waals surface area contributed by atoms with Gasteiger partial charge in [-0.2, -0.15) is 0 Å². The SMILES string of the molecule is CC1(C)Oc2cc(CCCC[13CH3])cc(O)c2[C@@H]2CC(=O)CC[C@H]21. The van der Waals surface area contributed by atoms with E-state index in [4.69, 9.17) is 4.74 Å². The van der Waals surface area contributed by atoms with Gasteiger partial charge < -0.3 is 9.84 Å². The number of phenolic OH excluding ortho intramolecular Hbond substituents is 1. The van der Waals surface area contributed by atoms with E-state index in [0.29, 0.717) is 30.3 Å². The van der Waals surface area contributed by atoms with E-state index in [1.807, 2.05) is 6.07 Å². The maximum absolute atomic E-state index is 12.0. The predicted octanol–water partition coefficient (Wildman–Crippen LogP) is 4.75. The van der Waals surface area contributed by atoms with E-state index in [-0.39, 0.29) is 11.5 Å². The summed E-state index contributed by atoms with van der Waals surface area (Å²) in [6.45, 7) is 6.42. The van der Waals surface area contributed by atoms with E-state index in [1.165, 1.54) is 12.8 Å². The van der Waals surface area contributed by atoms with Gasteiger partial charge in [0.05, 0.1) is 0 Å². The zero-order chi connectivity index (χ0) is 16.6. The van der Waals surface area contributed by atoms with Gasteiger partial charge in [-0.15, -0.1) is 0 Å². The Labute approximate surface area is 139 Å². The van der Waals surface area contributed by atoms with Crippen molar-refractivity contribution in [2.45, 2.75) is 77.2 Å². The number of fused-ring (bicyclic) bond motifs is 3. The molecule has 1 aromatic rings. The van der Waals surface area contributed by atoms with Gasteiger partial charge >= 0.3 is 0 Å². The molecule has 0 radical (unpaired) electrons. The van der Waals surface area contributed by atoms with Crippen LogP contribution in [0.4, 0.5) is 0 Å². The molecule has 0 bridgehead atoms. The number of aromatic hydroxyl groups is 1. The van der Waals surface area contributed by atoms with Gasteiger partial charge in [0.1, 0.15) is 22.9 Å². The summed E-state index contributed by atoms with van der Waals surface area (Å²) in [6.07, 6.45) is 6.50. The minimum Gasteiger partial charge on any atom is -0.508 e. The highest BCUT2D eigenvalue weighted by molar-refractivity contribution is 5.81. The number of carbonyl (C=O) groups excluding carboxylic acids is 1. The topological polar surface area (TPSA) is 46.5 Å². The molecule has 2 aliphatic rings. The Balaban J connectivity index is 1.96. The molecule has 3 nitrogen and oxygen atoms in total. The molecule has 1 N–H and O–H groups in total. The van der Waals surface area contributed by atoms with E-state index in [9.17, 15) is 9.90 Å². The van der Waals surface area contributed by atoms with E-state index in [1.54, 1.807) is 0 Å². The number of carbonyl (C=O) groups is 1. The van der Waals surface area contributed by atoms with Crippen LogP contribution >= 0.6 is 0 Å². The summed E-state index contributed by atoms with van der Waals surface area (Å²) < 4.78 is 6.28. The number of phenols is 1. The molecule has 0 saturated heterocycles. The Kier molecular flexibility index (Phi) is 4.39. The normalized spacial score (nSPS) is 25.4. The minimum absolute atomic E-state index is 0.0969. The van der Waals surface area contributed by atoms with E-state index < -0.39 is 0 Å². The summed E-state index contributed by atoms with van der Waals surface area (Å²) >= 11 is 0. The van der Waals surface area contributed by atoms with Crippen molar-refractivity contribution in [2.24, 2.45) is 5.92 Å². The van der Waals surface area contributed by atoms with Crippen LogP contribution in [0.15, 0.2) is 12.1 Å². The van der Waals surface area contributed by atoms with Gasteiger partial charge in [-0.3, -0.25) is 4.79 Å². The number of ether oxygens (including phenoxy) is 1. The molecule has 0 aromatic heterocycles. The molecule has 1 aliphatic heterocycles. The van der Waals surface area contributed by atoms with Crippen molar-refractivity contribution in [2.75, 3.05) is 0 Å². The molecule has 0 amide bonds. The van der Waals surface area contributed by atoms with Crippen molar-refractivity contribution in [1.82, 2.24) is 0 Å². The Bertz CT molecular complexity index is 603. The number of benzene rings is 1. The Hall–Kier alpha value is -1.51. The van der Waals surface area contributed by atoms with Crippen LogP contribution in [0, 0.1) is 5.92 Å². The molecule has 1 fully saturated rings. The number of ketones is 1. The zero-order valence-electron chi connectivity index (χ0n) is 14.5. The average molecular weight is 317 g/mol. The fraction of sp³-hybridized carbons (Fsp3) is 0.650. The summed E-state index contributed by atoms with van der Waals surface area (Å²) in [5.74, 6) is 1.80. The van der Waals surface area contributed by atoms with Crippen LogP contribution in [-0.4, -0.2) is 16.5 Å². The number of Topliss-reactive ketones (excluding diaryl/α,β-unsaturated/α-hetero) is 1. The maximum atomic E-state index is 12.0. The third kappa shape index (κ3) is 3.11. The van der Waals surface area contributed by atoms with Crippen LogP contribution < -0.4 is 4.74 Å². The number of hydrogen-bond donors (Lipinski definition) is 1. The summed E-state index contributed by atoms with van der Waals surface area (Å²) in [5, 5.41) is 10.6. The summed E-state index contributed by atoms with van der Waals surface area (Å²) in [6, 6.07) is 3.97. The molecule has 3 rings (SSSR count). The molecule has 1 heterocycles. The van der Waals surface area contributed by atoms with Crippen LogP contribution in [-0.2, 0) is 11.2 Å². The third-order valence-electron chi connectivity index (χ3n) is 5.55. The lowest BCUT2D eigenvalue weighted by Crippen LogP contribution is -2.47. The summed E-state index contributed by atoms with van der Waals surface area (Å²) in [4.78, 5) is 12.0. The number of unbranched alkanes of at least 4 members (excludes halogenated alkanes) is 2. The molecule has 23 heavy (non-hydrogen) atoms. The van der Waals surface area contributed by atoms with Crippen LogP contribution in [0.5, 0.6) is 11.5 Å². The highest BCUT2D eigenvalue weighted by Gasteiger charge is 2.47. The van der Waals surface area contributed by atoms with Crippen molar-refractivity contribution in [1.29, 1.82) is 0 Å². The van der Waals surface area contributed by atoms with Crippen molar-refractivity contribution >= 4 is 5.78 Å². The van der Waals surface area contributed by atoms with Gasteiger partial charge in [-0.25, -0.2) is 0 Å². The van der Waals surface area contributed by atoms with Gasteiger partial charge in [0, 0.05) is 30.2 Å². The Morgan fingerprint density at radius 1 is 1.30 bits per heavy atom. The van der Waals surface area contributed by atoms with Gasteiger partial charge in [0.2, 0.25) is 0 Å². The smallest absolute Gasteiger partial charge is 0.133 e. The van der Waals surface area contributed by atoms with Crippen LogP contribution in [0.25, 0.3) is 0 Å². The second-order valence-electron chi connectivity index (χ2n) is 7.68.